The Morgan fingerprint density at radius 3 is 2.79 bits per heavy atom. The molecule has 2 aromatic rings. The van der Waals surface area contributed by atoms with Crippen molar-refractivity contribution in [2.75, 3.05) is 5.32 Å². The lowest BCUT2D eigenvalue weighted by molar-refractivity contribution is 0.252. The summed E-state index contributed by atoms with van der Waals surface area (Å²) >= 11 is 7.65. The fourth-order valence-corrected chi connectivity index (χ4v) is 2.68. The summed E-state index contributed by atoms with van der Waals surface area (Å²) < 4.78 is 0. The van der Waals surface area contributed by atoms with E-state index in [0.717, 1.165) is 16.1 Å². The van der Waals surface area contributed by atoms with Crippen LogP contribution < -0.4 is 10.6 Å². The van der Waals surface area contributed by atoms with E-state index in [9.17, 15) is 4.79 Å². The van der Waals surface area contributed by atoms with E-state index in [1.807, 2.05) is 37.4 Å². The first-order valence-electron chi connectivity index (χ1n) is 5.91. The van der Waals surface area contributed by atoms with Crippen molar-refractivity contribution in [1.82, 2.24) is 5.32 Å². The Morgan fingerprint density at radius 1 is 1.32 bits per heavy atom. The lowest BCUT2D eigenvalue weighted by Crippen LogP contribution is -2.28. The Morgan fingerprint density at radius 2 is 2.11 bits per heavy atom. The molecule has 0 unspecified atom stereocenters. The first kappa shape index (κ1) is 13.9. The highest BCUT2D eigenvalue weighted by Crippen LogP contribution is 2.22. The van der Waals surface area contributed by atoms with Gasteiger partial charge in [-0.05, 0) is 48.6 Å². The van der Waals surface area contributed by atoms with Crippen molar-refractivity contribution in [2.45, 2.75) is 20.4 Å². The average molecular weight is 295 g/mol. The molecule has 0 aliphatic carbocycles. The zero-order valence-electron chi connectivity index (χ0n) is 10.8. The number of amides is 2. The quantitative estimate of drug-likeness (QED) is 0.868. The fourth-order valence-electron chi connectivity index (χ4n) is 1.66. The van der Waals surface area contributed by atoms with E-state index in [2.05, 4.69) is 10.6 Å². The number of halogens is 1. The summed E-state index contributed by atoms with van der Waals surface area (Å²) in [6.45, 7) is 4.45. The van der Waals surface area contributed by atoms with E-state index in [-0.39, 0.29) is 6.03 Å². The van der Waals surface area contributed by atoms with Gasteiger partial charge in [0.25, 0.3) is 0 Å². The number of hydrogen-bond donors (Lipinski definition) is 2. The van der Waals surface area contributed by atoms with Gasteiger partial charge in [0, 0.05) is 15.6 Å². The minimum Gasteiger partial charge on any atom is -0.333 e. The number of hydrogen-bond acceptors (Lipinski definition) is 2. The van der Waals surface area contributed by atoms with E-state index < -0.39 is 0 Å². The number of carbonyl (C=O) groups excluding carboxylic acids is 1. The first-order chi connectivity index (χ1) is 9.08. The molecule has 100 valence electrons. The summed E-state index contributed by atoms with van der Waals surface area (Å²) in [5.41, 5.74) is 2.80. The van der Waals surface area contributed by atoms with Crippen molar-refractivity contribution in [3.63, 3.8) is 0 Å². The summed E-state index contributed by atoms with van der Waals surface area (Å²) in [5, 5.41) is 8.31. The Bertz CT molecular complexity index is 595. The van der Waals surface area contributed by atoms with Crippen LogP contribution in [0.1, 0.15) is 16.0 Å². The van der Waals surface area contributed by atoms with Crippen LogP contribution in [0.3, 0.4) is 0 Å². The molecule has 0 aliphatic heterocycles. The second-order valence-corrected chi connectivity index (χ2v) is 5.65. The van der Waals surface area contributed by atoms with Crippen LogP contribution in [0, 0.1) is 13.8 Å². The Hall–Kier alpha value is -1.52. The molecule has 1 heterocycles. The van der Waals surface area contributed by atoms with Gasteiger partial charge in [-0.1, -0.05) is 17.7 Å². The van der Waals surface area contributed by atoms with Crippen molar-refractivity contribution in [3.8, 4) is 0 Å². The van der Waals surface area contributed by atoms with Crippen LogP contribution in [-0.4, -0.2) is 6.03 Å². The molecule has 0 atom stereocenters. The van der Waals surface area contributed by atoms with Crippen LogP contribution >= 0.6 is 22.9 Å². The third kappa shape index (κ3) is 3.49. The highest BCUT2D eigenvalue weighted by atomic mass is 35.5. The monoisotopic (exact) mass is 294 g/mol. The minimum absolute atomic E-state index is 0.224. The number of carbonyl (C=O) groups is 1. The van der Waals surface area contributed by atoms with Gasteiger partial charge in [-0.25, -0.2) is 4.79 Å². The van der Waals surface area contributed by atoms with Gasteiger partial charge in [0.05, 0.1) is 6.54 Å². The third-order valence-electron chi connectivity index (χ3n) is 2.89. The summed E-state index contributed by atoms with van der Waals surface area (Å²) in [6.07, 6.45) is 0. The molecule has 1 aromatic heterocycles. The van der Waals surface area contributed by atoms with Gasteiger partial charge < -0.3 is 10.6 Å². The normalized spacial score (nSPS) is 10.3. The maximum Gasteiger partial charge on any atom is 0.319 e. The van der Waals surface area contributed by atoms with E-state index >= 15 is 0 Å². The van der Waals surface area contributed by atoms with Gasteiger partial charge >= 0.3 is 6.03 Å². The lowest BCUT2D eigenvalue weighted by Gasteiger charge is -2.10. The molecule has 0 aliphatic rings. The first-order valence-corrected chi connectivity index (χ1v) is 7.16. The van der Waals surface area contributed by atoms with E-state index in [1.165, 1.54) is 5.56 Å². The molecule has 2 N–H and O–H groups in total. The molecular formula is C14H15ClN2OS. The minimum atomic E-state index is -0.224. The second-order valence-electron chi connectivity index (χ2n) is 4.25. The molecule has 2 amide bonds. The molecule has 3 nitrogen and oxygen atoms in total. The average Bonchev–Trinajstić information content (AvgIpc) is 2.78. The second kappa shape index (κ2) is 6.08. The maximum atomic E-state index is 11.8. The SMILES string of the molecule is Cc1ccsc1CNC(=O)Nc1cccc(Cl)c1C. The van der Waals surface area contributed by atoms with Gasteiger partial charge in [-0.2, -0.15) is 0 Å². The van der Waals surface area contributed by atoms with Crippen molar-refractivity contribution < 1.29 is 4.79 Å². The van der Waals surface area contributed by atoms with Crippen molar-refractivity contribution in [1.29, 1.82) is 0 Å². The van der Waals surface area contributed by atoms with E-state index in [4.69, 9.17) is 11.6 Å². The number of rotatable bonds is 3. The predicted molar refractivity (Wildman–Crippen MR) is 81.1 cm³/mol. The molecule has 19 heavy (non-hydrogen) atoms. The van der Waals surface area contributed by atoms with Crippen molar-refractivity contribution in [2.24, 2.45) is 0 Å². The third-order valence-corrected chi connectivity index (χ3v) is 4.33. The number of thiophene rings is 1. The van der Waals surface area contributed by atoms with Crippen molar-refractivity contribution in [3.05, 3.63) is 50.7 Å². The topological polar surface area (TPSA) is 41.1 Å². The van der Waals surface area contributed by atoms with Gasteiger partial charge in [-0.15, -0.1) is 11.3 Å². The molecule has 0 saturated carbocycles. The van der Waals surface area contributed by atoms with Gasteiger partial charge in [0.1, 0.15) is 0 Å². The molecule has 0 saturated heterocycles. The molecular weight excluding hydrogens is 280 g/mol. The molecule has 0 radical (unpaired) electrons. The largest absolute Gasteiger partial charge is 0.333 e. The zero-order valence-corrected chi connectivity index (χ0v) is 12.4. The highest BCUT2D eigenvalue weighted by molar-refractivity contribution is 7.10. The lowest BCUT2D eigenvalue weighted by atomic mass is 10.2. The molecule has 1 aromatic carbocycles. The standard InChI is InChI=1S/C14H15ClN2OS/c1-9-6-7-19-13(9)8-16-14(18)17-12-5-3-4-11(15)10(12)2/h3-7H,8H2,1-2H3,(H2,16,17,18). The predicted octanol–water partition coefficient (Wildman–Crippen LogP) is 4.34. The summed E-state index contributed by atoms with van der Waals surface area (Å²) in [7, 11) is 0. The Balaban J connectivity index is 1.95. The number of nitrogens with one attached hydrogen (secondary N) is 2. The maximum absolute atomic E-state index is 11.8. The molecule has 0 fully saturated rings. The fraction of sp³-hybridized carbons (Fsp3) is 0.214. The smallest absolute Gasteiger partial charge is 0.319 e. The van der Waals surface area contributed by atoms with Crippen LogP contribution in [0.25, 0.3) is 0 Å². The number of anilines is 1. The number of urea groups is 1. The molecule has 0 spiro atoms. The molecule has 5 heteroatoms. The van der Waals surface area contributed by atoms with Crippen LogP contribution in [0.15, 0.2) is 29.6 Å². The number of benzene rings is 1. The van der Waals surface area contributed by atoms with Gasteiger partial charge in [0.2, 0.25) is 0 Å². The summed E-state index contributed by atoms with van der Waals surface area (Å²) in [5.74, 6) is 0. The van der Waals surface area contributed by atoms with Crippen LogP contribution in [0.2, 0.25) is 5.02 Å². The van der Waals surface area contributed by atoms with Gasteiger partial charge in [-0.3, -0.25) is 0 Å². The van der Waals surface area contributed by atoms with Crippen LogP contribution in [0.5, 0.6) is 0 Å². The summed E-state index contributed by atoms with van der Waals surface area (Å²) in [4.78, 5) is 13.0. The van der Waals surface area contributed by atoms with E-state index in [1.54, 1.807) is 17.4 Å². The summed E-state index contributed by atoms with van der Waals surface area (Å²) in [6, 6.07) is 7.26. The van der Waals surface area contributed by atoms with Gasteiger partial charge in [0.15, 0.2) is 0 Å². The highest BCUT2D eigenvalue weighted by Gasteiger charge is 2.07. The van der Waals surface area contributed by atoms with E-state index in [0.29, 0.717) is 11.6 Å². The van der Waals surface area contributed by atoms with Crippen LogP contribution in [-0.2, 0) is 6.54 Å². The zero-order chi connectivity index (χ0) is 13.8. The Labute approximate surface area is 121 Å². The number of aryl methyl sites for hydroxylation is 1. The Kier molecular flexibility index (Phi) is 4.45. The van der Waals surface area contributed by atoms with Crippen molar-refractivity contribution >= 4 is 34.7 Å². The molecule has 2 rings (SSSR count). The molecule has 0 bridgehead atoms. The van der Waals surface area contributed by atoms with Crippen LogP contribution in [0.4, 0.5) is 10.5 Å².